The summed E-state index contributed by atoms with van der Waals surface area (Å²) in [4.78, 5) is 29.2. The third-order valence-electron chi connectivity index (χ3n) is 7.81. The second-order valence-corrected chi connectivity index (χ2v) is 12.9. The lowest BCUT2D eigenvalue weighted by molar-refractivity contribution is -0.139. The van der Waals surface area contributed by atoms with Gasteiger partial charge in [-0.2, -0.15) is 0 Å². The van der Waals surface area contributed by atoms with Crippen LogP contribution in [0.4, 0.5) is 5.69 Å². The van der Waals surface area contributed by atoms with Crippen LogP contribution >= 0.6 is 0 Å². The number of benzene rings is 3. The van der Waals surface area contributed by atoms with Gasteiger partial charge in [-0.3, -0.25) is 13.9 Å². The van der Waals surface area contributed by atoms with Crippen molar-refractivity contribution in [3.8, 4) is 5.75 Å². The van der Waals surface area contributed by atoms with E-state index in [1.165, 1.54) is 24.1 Å². The Balaban J connectivity index is 1.71. The highest BCUT2D eigenvalue weighted by Crippen LogP contribution is 2.34. The van der Waals surface area contributed by atoms with Crippen LogP contribution in [0.5, 0.6) is 5.75 Å². The van der Waals surface area contributed by atoms with E-state index in [1.807, 2.05) is 50.2 Å². The van der Waals surface area contributed by atoms with Crippen molar-refractivity contribution < 1.29 is 22.7 Å². The molecule has 8 nitrogen and oxygen atoms in total. The molecule has 1 aliphatic carbocycles. The van der Waals surface area contributed by atoms with Crippen molar-refractivity contribution in [3.05, 3.63) is 89.5 Å². The molecule has 1 fully saturated rings. The lowest BCUT2D eigenvalue weighted by Gasteiger charge is -2.33. The Bertz CT molecular complexity index is 1470. The van der Waals surface area contributed by atoms with Crippen LogP contribution in [0.25, 0.3) is 0 Å². The first-order valence-electron chi connectivity index (χ1n) is 14.5. The lowest BCUT2D eigenvalue weighted by Crippen LogP contribution is -2.53. The Labute approximate surface area is 249 Å². The van der Waals surface area contributed by atoms with Gasteiger partial charge in [0.25, 0.3) is 10.0 Å². The summed E-state index contributed by atoms with van der Waals surface area (Å²) in [5, 5.41) is 3.13. The quantitative estimate of drug-likeness (QED) is 0.323. The molecule has 4 rings (SSSR count). The number of amides is 2. The molecule has 42 heavy (non-hydrogen) atoms. The zero-order chi connectivity index (χ0) is 30.3. The lowest BCUT2D eigenvalue weighted by atomic mass is 9.95. The van der Waals surface area contributed by atoms with E-state index in [0.29, 0.717) is 5.75 Å². The minimum Gasteiger partial charge on any atom is -0.495 e. The van der Waals surface area contributed by atoms with Gasteiger partial charge in [0.05, 0.1) is 17.7 Å². The largest absolute Gasteiger partial charge is 0.495 e. The minimum atomic E-state index is -4.19. The second kappa shape index (κ2) is 13.9. The number of carbonyl (C=O) groups excluding carboxylic acids is 2. The average molecular weight is 592 g/mol. The second-order valence-electron chi connectivity index (χ2n) is 11.0. The van der Waals surface area contributed by atoms with Crippen molar-refractivity contribution in [3.63, 3.8) is 0 Å². The van der Waals surface area contributed by atoms with Crippen molar-refractivity contribution in [2.75, 3.05) is 18.0 Å². The number of hydrogen-bond acceptors (Lipinski definition) is 5. The van der Waals surface area contributed by atoms with Gasteiger partial charge in [0.2, 0.25) is 11.8 Å². The maximum absolute atomic E-state index is 14.2. The molecule has 1 aliphatic rings. The highest BCUT2D eigenvalue weighted by atomic mass is 32.2. The van der Waals surface area contributed by atoms with Crippen LogP contribution in [0.15, 0.2) is 77.7 Å². The van der Waals surface area contributed by atoms with Crippen LogP contribution in [0, 0.1) is 13.8 Å². The van der Waals surface area contributed by atoms with Gasteiger partial charge < -0.3 is 15.0 Å². The number of hydrogen-bond donors (Lipinski definition) is 1. The molecular formula is C33H41N3O5S. The van der Waals surface area contributed by atoms with Gasteiger partial charge >= 0.3 is 0 Å². The number of rotatable bonds is 11. The molecule has 0 unspecified atom stereocenters. The molecule has 0 aliphatic heterocycles. The number of anilines is 1. The van der Waals surface area contributed by atoms with Crippen molar-refractivity contribution in [1.82, 2.24) is 10.2 Å². The highest BCUT2D eigenvalue weighted by molar-refractivity contribution is 7.92. The molecule has 0 heterocycles. The molecule has 3 aromatic carbocycles. The normalized spacial score (nSPS) is 14.6. The Kier molecular flexibility index (Phi) is 10.3. The van der Waals surface area contributed by atoms with E-state index in [4.69, 9.17) is 4.74 Å². The molecule has 0 radical (unpaired) electrons. The van der Waals surface area contributed by atoms with Crippen LogP contribution in [0.2, 0.25) is 0 Å². The maximum atomic E-state index is 14.2. The van der Waals surface area contributed by atoms with Crippen LogP contribution in [-0.4, -0.2) is 50.9 Å². The average Bonchev–Trinajstić information content (AvgIpc) is 2.99. The van der Waals surface area contributed by atoms with Gasteiger partial charge in [-0.05, 0) is 69.0 Å². The number of sulfonamides is 1. The summed E-state index contributed by atoms with van der Waals surface area (Å²) in [6.07, 6.45) is 5.13. The fourth-order valence-electron chi connectivity index (χ4n) is 5.28. The Morgan fingerprint density at radius 2 is 1.57 bits per heavy atom. The molecule has 0 saturated heterocycles. The van der Waals surface area contributed by atoms with Crippen molar-refractivity contribution in [1.29, 1.82) is 0 Å². The topological polar surface area (TPSA) is 96.0 Å². The number of methoxy groups -OCH3 is 1. The van der Waals surface area contributed by atoms with Crippen LogP contribution in [0.3, 0.4) is 0 Å². The molecule has 9 heteroatoms. The fourth-order valence-corrected chi connectivity index (χ4v) is 6.69. The van der Waals surface area contributed by atoms with E-state index in [9.17, 15) is 18.0 Å². The summed E-state index contributed by atoms with van der Waals surface area (Å²) in [6.45, 7) is 5.07. The van der Waals surface area contributed by atoms with Crippen LogP contribution in [-0.2, 0) is 26.2 Å². The summed E-state index contributed by atoms with van der Waals surface area (Å²) in [6, 6.07) is 20.4. The molecule has 1 saturated carbocycles. The smallest absolute Gasteiger partial charge is 0.264 e. The molecule has 2 amide bonds. The van der Waals surface area contributed by atoms with E-state index < -0.39 is 28.5 Å². The van der Waals surface area contributed by atoms with Crippen LogP contribution < -0.4 is 14.4 Å². The van der Waals surface area contributed by atoms with Crippen molar-refractivity contribution in [2.24, 2.45) is 0 Å². The van der Waals surface area contributed by atoms with Crippen molar-refractivity contribution in [2.45, 2.75) is 76.4 Å². The summed E-state index contributed by atoms with van der Waals surface area (Å²) in [7, 11) is -2.72. The standard InChI is InChI=1S/C33H41N3O5S/c1-24-15-18-29(19-16-24)42(39,40)36(30-21-25(2)17-20-31(30)41-4)23-32(37)35(22-27-11-7-5-8-12-27)26(3)33(38)34-28-13-9-6-10-14-28/h5,7-8,11-12,15-21,26,28H,6,9-10,13-14,22-23H2,1-4H3,(H,34,38)/t26-/m0/s1. The summed E-state index contributed by atoms with van der Waals surface area (Å²) in [5.74, 6) is -0.418. The van der Waals surface area contributed by atoms with Crippen LogP contribution in [0.1, 0.15) is 55.7 Å². The van der Waals surface area contributed by atoms with E-state index in [0.717, 1.165) is 53.1 Å². The number of aryl methyl sites for hydroxylation is 2. The van der Waals surface area contributed by atoms with E-state index >= 15 is 0 Å². The zero-order valence-electron chi connectivity index (χ0n) is 24.9. The van der Waals surface area contributed by atoms with Gasteiger partial charge in [-0.25, -0.2) is 8.42 Å². The Morgan fingerprint density at radius 3 is 2.21 bits per heavy atom. The third kappa shape index (κ3) is 7.50. The Morgan fingerprint density at radius 1 is 0.929 bits per heavy atom. The molecule has 224 valence electrons. The molecule has 0 spiro atoms. The van der Waals surface area contributed by atoms with Crippen molar-refractivity contribution >= 4 is 27.5 Å². The third-order valence-corrected chi connectivity index (χ3v) is 9.58. The maximum Gasteiger partial charge on any atom is 0.264 e. The molecule has 0 aromatic heterocycles. The first kappa shape index (κ1) is 31.1. The fraction of sp³-hybridized carbons (Fsp3) is 0.394. The molecule has 1 atom stereocenters. The number of nitrogens with one attached hydrogen (secondary N) is 1. The molecular weight excluding hydrogens is 550 g/mol. The van der Waals surface area contributed by atoms with Gasteiger partial charge in [-0.15, -0.1) is 0 Å². The summed E-state index contributed by atoms with van der Waals surface area (Å²) >= 11 is 0. The van der Waals surface area contributed by atoms with E-state index in [1.54, 1.807) is 31.2 Å². The first-order valence-corrected chi connectivity index (χ1v) is 15.9. The summed E-state index contributed by atoms with van der Waals surface area (Å²) < 4.78 is 34.9. The zero-order valence-corrected chi connectivity index (χ0v) is 25.7. The van der Waals surface area contributed by atoms with Gasteiger partial charge in [0.15, 0.2) is 0 Å². The molecule has 0 bridgehead atoms. The van der Waals surface area contributed by atoms with Gasteiger partial charge in [0.1, 0.15) is 18.3 Å². The SMILES string of the molecule is COc1ccc(C)cc1N(CC(=O)N(Cc1ccccc1)[C@@H](C)C(=O)NC1CCCCC1)S(=O)(=O)c1ccc(C)cc1. The van der Waals surface area contributed by atoms with E-state index in [2.05, 4.69) is 5.32 Å². The number of ether oxygens (including phenoxy) is 1. The Hall–Kier alpha value is -3.85. The minimum absolute atomic E-state index is 0.0576. The van der Waals surface area contributed by atoms with Gasteiger partial charge in [0, 0.05) is 12.6 Å². The first-order chi connectivity index (χ1) is 20.1. The number of nitrogens with zero attached hydrogens (tertiary/aromatic N) is 2. The predicted molar refractivity (Wildman–Crippen MR) is 165 cm³/mol. The number of carbonyl (C=O) groups is 2. The monoisotopic (exact) mass is 591 g/mol. The summed E-state index contributed by atoms with van der Waals surface area (Å²) in [5.41, 5.74) is 2.81. The predicted octanol–water partition coefficient (Wildman–Crippen LogP) is 5.37. The molecule has 1 N–H and O–H groups in total. The molecule has 3 aromatic rings. The highest BCUT2D eigenvalue weighted by Gasteiger charge is 2.34. The van der Waals surface area contributed by atoms with Gasteiger partial charge in [-0.1, -0.05) is 73.4 Å². The van der Waals surface area contributed by atoms with E-state index in [-0.39, 0.29) is 29.1 Å².